The van der Waals surface area contributed by atoms with Gasteiger partial charge in [-0.05, 0) is 46.0 Å². The highest BCUT2D eigenvalue weighted by Gasteiger charge is 2.34. The van der Waals surface area contributed by atoms with Crippen molar-refractivity contribution in [3.05, 3.63) is 29.0 Å². The van der Waals surface area contributed by atoms with Gasteiger partial charge in [0.15, 0.2) is 0 Å². The molecule has 122 valence electrons. The smallest absolute Gasteiger partial charge is 0.325 e. The molecule has 0 radical (unpaired) electrons. The normalized spacial score (nSPS) is 11.4. The zero-order chi connectivity index (χ0) is 16.9. The zero-order valence-corrected chi connectivity index (χ0v) is 13.8. The van der Waals surface area contributed by atoms with Gasteiger partial charge in [-0.2, -0.15) is 0 Å². The third-order valence-electron chi connectivity index (χ3n) is 3.32. The van der Waals surface area contributed by atoms with Crippen molar-refractivity contribution in [2.24, 2.45) is 0 Å². The minimum Gasteiger partial charge on any atom is -0.465 e. The second-order valence-corrected chi connectivity index (χ2v) is 5.72. The van der Waals surface area contributed by atoms with Crippen molar-refractivity contribution in [2.45, 2.75) is 26.3 Å². The van der Waals surface area contributed by atoms with Gasteiger partial charge >= 0.3 is 5.97 Å². The van der Waals surface area contributed by atoms with Crippen molar-refractivity contribution >= 4 is 29.2 Å². The number of likely N-dealkylation sites (N-methyl/N-ethyl adjacent to an activating group) is 1. The topological polar surface area (TPSA) is 58.6 Å². The maximum atomic E-state index is 13.0. The standard InChI is InChI=1S/C15H20ClFN2O3/c1-5-22-14(21)15(2,3)19(4)9-13(20)18-12-7-6-10(17)8-11(12)16/h6-8H,5,9H2,1-4H3,(H,18,20). The first-order valence-electron chi connectivity index (χ1n) is 6.81. The molecule has 5 nitrogen and oxygen atoms in total. The Balaban J connectivity index is 2.69. The fourth-order valence-corrected chi connectivity index (χ4v) is 1.87. The van der Waals surface area contributed by atoms with Gasteiger partial charge < -0.3 is 10.1 Å². The largest absolute Gasteiger partial charge is 0.465 e. The average Bonchev–Trinajstić information content (AvgIpc) is 2.42. The summed E-state index contributed by atoms with van der Waals surface area (Å²) in [6.07, 6.45) is 0. The molecule has 0 fully saturated rings. The van der Waals surface area contributed by atoms with Crippen LogP contribution in [0.15, 0.2) is 18.2 Å². The van der Waals surface area contributed by atoms with Crippen LogP contribution in [0.25, 0.3) is 0 Å². The number of hydrogen-bond acceptors (Lipinski definition) is 4. The number of halogens is 2. The van der Waals surface area contributed by atoms with Crippen LogP contribution in [-0.2, 0) is 14.3 Å². The molecule has 1 aromatic carbocycles. The Kier molecular flexibility index (Phi) is 6.32. The van der Waals surface area contributed by atoms with Crippen LogP contribution in [-0.4, -0.2) is 42.5 Å². The van der Waals surface area contributed by atoms with Gasteiger partial charge in [0.1, 0.15) is 11.4 Å². The molecule has 1 rings (SSSR count). The third-order valence-corrected chi connectivity index (χ3v) is 3.63. The van der Waals surface area contributed by atoms with Crippen molar-refractivity contribution in [1.29, 1.82) is 0 Å². The van der Waals surface area contributed by atoms with E-state index in [4.69, 9.17) is 16.3 Å². The van der Waals surface area contributed by atoms with Crippen LogP contribution in [0.1, 0.15) is 20.8 Å². The van der Waals surface area contributed by atoms with Crippen LogP contribution in [0.5, 0.6) is 0 Å². The van der Waals surface area contributed by atoms with E-state index in [0.717, 1.165) is 6.07 Å². The first kappa shape index (κ1) is 18.4. The summed E-state index contributed by atoms with van der Waals surface area (Å²) in [5.74, 6) is -1.26. The van der Waals surface area contributed by atoms with Gasteiger partial charge in [0.25, 0.3) is 0 Å². The van der Waals surface area contributed by atoms with Crippen LogP contribution in [0, 0.1) is 5.82 Å². The van der Waals surface area contributed by atoms with E-state index in [1.54, 1.807) is 32.7 Å². The van der Waals surface area contributed by atoms with Gasteiger partial charge in [0.2, 0.25) is 5.91 Å². The summed E-state index contributed by atoms with van der Waals surface area (Å²) >= 11 is 5.85. The molecule has 22 heavy (non-hydrogen) atoms. The summed E-state index contributed by atoms with van der Waals surface area (Å²) in [5.41, 5.74) is -0.629. The highest BCUT2D eigenvalue weighted by atomic mass is 35.5. The second kappa shape index (κ2) is 7.56. The minimum atomic E-state index is -0.945. The highest BCUT2D eigenvalue weighted by Crippen LogP contribution is 2.22. The highest BCUT2D eigenvalue weighted by molar-refractivity contribution is 6.33. The molecule has 1 aromatic rings. The van der Waals surface area contributed by atoms with Crippen molar-refractivity contribution in [3.63, 3.8) is 0 Å². The van der Waals surface area contributed by atoms with E-state index < -0.39 is 17.3 Å². The summed E-state index contributed by atoms with van der Waals surface area (Å²) in [6, 6.07) is 3.70. The van der Waals surface area contributed by atoms with Crippen LogP contribution < -0.4 is 5.32 Å². The van der Waals surface area contributed by atoms with Gasteiger partial charge in [-0.15, -0.1) is 0 Å². The molecule has 1 amide bonds. The fraction of sp³-hybridized carbons (Fsp3) is 0.467. The van der Waals surface area contributed by atoms with E-state index in [9.17, 15) is 14.0 Å². The number of nitrogens with one attached hydrogen (secondary N) is 1. The molecule has 0 aliphatic carbocycles. The number of carbonyl (C=O) groups excluding carboxylic acids is 2. The molecule has 0 saturated carbocycles. The van der Waals surface area contributed by atoms with E-state index in [1.807, 2.05) is 0 Å². The Bertz CT molecular complexity index is 564. The Labute approximate surface area is 134 Å². The molecule has 0 spiro atoms. The number of anilines is 1. The second-order valence-electron chi connectivity index (χ2n) is 5.31. The average molecular weight is 331 g/mol. The summed E-state index contributed by atoms with van der Waals surface area (Å²) in [4.78, 5) is 25.5. The number of carbonyl (C=O) groups is 2. The summed E-state index contributed by atoms with van der Waals surface area (Å²) in [7, 11) is 1.64. The number of rotatable bonds is 6. The molecular weight excluding hydrogens is 311 g/mol. The van der Waals surface area contributed by atoms with Crippen molar-refractivity contribution < 1.29 is 18.7 Å². The molecule has 0 unspecified atom stereocenters. The molecule has 0 bridgehead atoms. The number of ether oxygens (including phenoxy) is 1. The van der Waals surface area contributed by atoms with Crippen LogP contribution in [0.4, 0.5) is 10.1 Å². The molecule has 0 atom stereocenters. The maximum absolute atomic E-state index is 13.0. The van der Waals surface area contributed by atoms with Crippen LogP contribution in [0.3, 0.4) is 0 Å². The fourth-order valence-electron chi connectivity index (χ4n) is 1.66. The molecule has 7 heteroatoms. The lowest BCUT2D eigenvalue weighted by Gasteiger charge is -2.32. The Morgan fingerprint density at radius 1 is 1.41 bits per heavy atom. The molecule has 0 aromatic heterocycles. The first-order chi connectivity index (χ1) is 10.2. The predicted octanol–water partition coefficient (Wildman–Crippen LogP) is 2.69. The molecule has 0 heterocycles. The predicted molar refractivity (Wildman–Crippen MR) is 83.4 cm³/mol. The third kappa shape index (κ3) is 4.68. The van der Waals surface area contributed by atoms with Gasteiger partial charge in [0.05, 0.1) is 23.9 Å². The van der Waals surface area contributed by atoms with Crippen molar-refractivity contribution in [2.75, 3.05) is 25.5 Å². The lowest BCUT2D eigenvalue weighted by Crippen LogP contribution is -2.51. The van der Waals surface area contributed by atoms with Gasteiger partial charge in [-0.1, -0.05) is 11.6 Å². The number of nitrogens with zero attached hydrogens (tertiary/aromatic N) is 1. The first-order valence-corrected chi connectivity index (χ1v) is 7.19. The van der Waals surface area contributed by atoms with Gasteiger partial charge in [0, 0.05) is 0 Å². The minimum absolute atomic E-state index is 0.0421. The van der Waals surface area contributed by atoms with Crippen molar-refractivity contribution in [1.82, 2.24) is 4.90 Å². The van der Waals surface area contributed by atoms with E-state index in [0.29, 0.717) is 5.69 Å². The van der Waals surface area contributed by atoms with Crippen LogP contribution in [0.2, 0.25) is 5.02 Å². The van der Waals surface area contributed by atoms with E-state index in [1.165, 1.54) is 12.1 Å². The van der Waals surface area contributed by atoms with E-state index in [2.05, 4.69) is 5.32 Å². The quantitative estimate of drug-likeness (QED) is 0.815. The Morgan fingerprint density at radius 2 is 2.05 bits per heavy atom. The molecular formula is C15H20ClFN2O3. The zero-order valence-electron chi connectivity index (χ0n) is 13.1. The van der Waals surface area contributed by atoms with E-state index >= 15 is 0 Å². The molecule has 0 aliphatic rings. The number of benzene rings is 1. The Hall–Kier alpha value is -1.66. The van der Waals surface area contributed by atoms with E-state index in [-0.39, 0.29) is 24.1 Å². The molecule has 0 aliphatic heterocycles. The Morgan fingerprint density at radius 3 is 2.59 bits per heavy atom. The number of amides is 1. The summed E-state index contributed by atoms with van der Waals surface area (Å²) in [5, 5.41) is 2.69. The molecule has 1 N–H and O–H groups in total. The number of esters is 1. The summed E-state index contributed by atoms with van der Waals surface area (Å²) in [6.45, 7) is 5.29. The number of hydrogen-bond donors (Lipinski definition) is 1. The monoisotopic (exact) mass is 330 g/mol. The summed E-state index contributed by atoms with van der Waals surface area (Å²) < 4.78 is 17.9. The maximum Gasteiger partial charge on any atom is 0.325 e. The lowest BCUT2D eigenvalue weighted by atomic mass is 10.0. The lowest BCUT2D eigenvalue weighted by molar-refractivity contribution is -0.155. The van der Waals surface area contributed by atoms with Gasteiger partial charge in [-0.25, -0.2) is 4.39 Å². The van der Waals surface area contributed by atoms with Crippen molar-refractivity contribution in [3.8, 4) is 0 Å². The van der Waals surface area contributed by atoms with Crippen LogP contribution >= 0.6 is 11.6 Å². The molecule has 0 saturated heterocycles. The van der Waals surface area contributed by atoms with Gasteiger partial charge in [-0.3, -0.25) is 14.5 Å². The SMILES string of the molecule is CCOC(=O)C(C)(C)N(C)CC(=O)Nc1ccc(F)cc1Cl.